The molecule has 1 atom stereocenters. The zero-order chi connectivity index (χ0) is 21.8. The second-order valence-corrected chi connectivity index (χ2v) is 7.23. The molecule has 8 nitrogen and oxygen atoms in total. The summed E-state index contributed by atoms with van der Waals surface area (Å²) in [6.07, 6.45) is -0.744. The Bertz CT molecular complexity index is 1150. The summed E-state index contributed by atoms with van der Waals surface area (Å²) in [5.41, 5.74) is 8.15. The van der Waals surface area contributed by atoms with Crippen LogP contribution in [0.1, 0.15) is 24.5 Å². The molecular weight excluding hydrogens is 384 g/mol. The number of amides is 2. The Morgan fingerprint density at radius 2 is 1.73 bits per heavy atom. The van der Waals surface area contributed by atoms with Gasteiger partial charge in [0, 0.05) is 20.0 Å². The Kier molecular flexibility index (Phi) is 6.25. The quantitative estimate of drug-likeness (QED) is 0.608. The highest BCUT2D eigenvalue weighted by atomic mass is 16.5. The molecule has 0 aliphatic carbocycles. The van der Waals surface area contributed by atoms with Crippen LogP contribution in [0.4, 0.5) is 0 Å². The summed E-state index contributed by atoms with van der Waals surface area (Å²) >= 11 is 0. The Labute approximate surface area is 174 Å². The highest BCUT2D eigenvalue weighted by molar-refractivity contribution is 5.84. The number of nitrogens with one attached hydrogen (secondary N) is 2. The molecule has 3 aromatic rings. The van der Waals surface area contributed by atoms with E-state index in [4.69, 9.17) is 4.74 Å². The van der Waals surface area contributed by atoms with Crippen LogP contribution < -0.4 is 21.3 Å². The summed E-state index contributed by atoms with van der Waals surface area (Å²) in [6.45, 7) is 5.70. The summed E-state index contributed by atoms with van der Waals surface area (Å²) in [7, 11) is 1.69. The predicted molar refractivity (Wildman–Crippen MR) is 114 cm³/mol. The highest BCUT2D eigenvalue weighted by Crippen LogP contribution is 2.21. The molecule has 2 amide bonds. The van der Waals surface area contributed by atoms with Gasteiger partial charge in [0.15, 0.2) is 6.10 Å². The Hall–Kier alpha value is -3.55. The molecule has 2 N–H and O–H groups in total. The van der Waals surface area contributed by atoms with Gasteiger partial charge in [0.05, 0.1) is 11.0 Å². The lowest BCUT2D eigenvalue weighted by molar-refractivity contribution is -0.132. The molecule has 0 aliphatic heterocycles. The van der Waals surface area contributed by atoms with Crippen molar-refractivity contribution >= 4 is 22.8 Å². The minimum atomic E-state index is -0.786. The summed E-state index contributed by atoms with van der Waals surface area (Å²) < 4.78 is 8.79. The first kappa shape index (κ1) is 21.2. The smallest absolute Gasteiger partial charge is 0.328 e. The van der Waals surface area contributed by atoms with Gasteiger partial charge in [0.25, 0.3) is 5.91 Å². The molecule has 0 radical (unpaired) electrons. The van der Waals surface area contributed by atoms with E-state index in [0.717, 1.165) is 22.2 Å². The molecular formula is C22H26N4O4. The first-order chi connectivity index (χ1) is 14.3. The average molecular weight is 410 g/mol. The van der Waals surface area contributed by atoms with Crippen LogP contribution in [0.25, 0.3) is 11.0 Å². The molecule has 1 heterocycles. The van der Waals surface area contributed by atoms with Crippen LogP contribution in [-0.4, -0.2) is 27.1 Å². The van der Waals surface area contributed by atoms with E-state index in [1.54, 1.807) is 29.2 Å². The molecule has 2 aromatic carbocycles. The number of carbonyl (C=O) groups is 2. The zero-order valence-electron chi connectivity index (χ0n) is 17.6. The first-order valence-electron chi connectivity index (χ1n) is 9.75. The van der Waals surface area contributed by atoms with Crippen molar-refractivity contribution in [3.8, 4) is 5.75 Å². The minimum absolute atomic E-state index is 0.0421. The lowest BCUT2D eigenvalue weighted by Crippen LogP contribution is -2.47. The second kappa shape index (κ2) is 8.86. The number of ether oxygens (including phenoxy) is 1. The average Bonchev–Trinajstić information content (AvgIpc) is 2.98. The maximum absolute atomic E-state index is 12.4. The van der Waals surface area contributed by atoms with Crippen LogP contribution in [0, 0.1) is 13.8 Å². The summed E-state index contributed by atoms with van der Waals surface area (Å²) in [4.78, 5) is 36.8. The third-order valence-corrected chi connectivity index (χ3v) is 5.17. The maximum Gasteiger partial charge on any atom is 0.328 e. The van der Waals surface area contributed by atoms with Gasteiger partial charge in [-0.15, -0.1) is 0 Å². The molecule has 1 unspecified atom stereocenters. The van der Waals surface area contributed by atoms with Crippen molar-refractivity contribution < 1.29 is 14.3 Å². The molecule has 158 valence electrons. The normalized spacial score (nSPS) is 11.9. The van der Waals surface area contributed by atoms with Gasteiger partial charge in [-0.3, -0.25) is 29.6 Å². The monoisotopic (exact) mass is 410 g/mol. The fourth-order valence-electron chi connectivity index (χ4n) is 3.18. The summed E-state index contributed by atoms with van der Waals surface area (Å²) in [5.74, 6) is -0.243. The van der Waals surface area contributed by atoms with E-state index >= 15 is 0 Å². The Balaban J connectivity index is 1.53. The molecule has 0 saturated carbocycles. The number of fused-ring (bicyclic) bond motifs is 1. The van der Waals surface area contributed by atoms with Crippen molar-refractivity contribution in [3.05, 3.63) is 64.1 Å². The fraction of sp³-hybridized carbons (Fsp3) is 0.318. The molecule has 0 fully saturated rings. The Morgan fingerprint density at radius 1 is 1.03 bits per heavy atom. The molecule has 0 saturated heterocycles. The second-order valence-electron chi connectivity index (χ2n) is 7.23. The van der Waals surface area contributed by atoms with E-state index in [9.17, 15) is 14.4 Å². The number of benzene rings is 2. The number of hydrogen-bond acceptors (Lipinski definition) is 4. The van der Waals surface area contributed by atoms with Crippen molar-refractivity contribution in [3.63, 3.8) is 0 Å². The van der Waals surface area contributed by atoms with E-state index in [1.807, 2.05) is 50.2 Å². The summed E-state index contributed by atoms with van der Waals surface area (Å²) in [5, 5.41) is 0. The third-order valence-electron chi connectivity index (χ3n) is 5.17. The number of aryl methyl sites for hydroxylation is 3. The van der Waals surface area contributed by atoms with E-state index in [-0.39, 0.29) is 18.7 Å². The zero-order valence-corrected chi connectivity index (χ0v) is 17.6. The maximum atomic E-state index is 12.4. The van der Waals surface area contributed by atoms with Gasteiger partial charge >= 0.3 is 5.69 Å². The number of rotatable bonds is 6. The van der Waals surface area contributed by atoms with Crippen molar-refractivity contribution in [1.82, 2.24) is 20.0 Å². The van der Waals surface area contributed by atoms with Gasteiger partial charge in [-0.05, 0) is 50.1 Å². The van der Waals surface area contributed by atoms with Crippen LogP contribution >= 0.6 is 0 Å². The van der Waals surface area contributed by atoms with Crippen LogP contribution in [0.2, 0.25) is 0 Å². The van der Waals surface area contributed by atoms with Crippen molar-refractivity contribution in [2.45, 2.75) is 39.8 Å². The van der Waals surface area contributed by atoms with E-state index in [0.29, 0.717) is 5.75 Å². The molecule has 30 heavy (non-hydrogen) atoms. The lowest BCUT2D eigenvalue weighted by Gasteiger charge is -2.17. The van der Waals surface area contributed by atoms with Crippen molar-refractivity contribution in [1.29, 1.82) is 0 Å². The van der Waals surface area contributed by atoms with Crippen molar-refractivity contribution in [2.75, 3.05) is 0 Å². The number of imidazole rings is 1. The number of nitrogens with zero attached hydrogens (tertiary/aromatic N) is 2. The SMILES string of the molecule is Cc1cccc(OC(C)C(=O)NNC(=O)CCn2c(=O)n(C)c3ccccc32)c1C. The first-order valence-corrected chi connectivity index (χ1v) is 9.75. The number of hydrogen-bond donors (Lipinski definition) is 2. The lowest BCUT2D eigenvalue weighted by atomic mass is 10.1. The van der Waals surface area contributed by atoms with Gasteiger partial charge in [-0.1, -0.05) is 24.3 Å². The predicted octanol–water partition coefficient (Wildman–Crippen LogP) is 1.96. The highest BCUT2D eigenvalue weighted by Gasteiger charge is 2.17. The van der Waals surface area contributed by atoms with Crippen LogP contribution in [0.15, 0.2) is 47.3 Å². The van der Waals surface area contributed by atoms with Crippen LogP contribution in [0.5, 0.6) is 5.75 Å². The van der Waals surface area contributed by atoms with E-state index in [1.165, 1.54) is 0 Å². The third kappa shape index (κ3) is 4.37. The van der Waals surface area contributed by atoms with Gasteiger partial charge in [-0.25, -0.2) is 4.79 Å². The van der Waals surface area contributed by atoms with Crippen molar-refractivity contribution in [2.24, 2.45) is 7.05 Å². The molecule has 0 aliphatic rings. The largest absolute Gasteiger partial charge is 0.481 e. The van der Waals surface area contributed by atoms with Gasteiger partial charge in [0.1, 0.15) is 5.75 Å². The molecule has 0 spiro atoms. The molecule has 8 heteroatoms. The molecule has 3 rings (SSSR count). The van der Waals surface area contributed by atoms with E-state index in [2.05, 4.69) is 10.9 Å². The van der Waals surface area contributed by atoms with E-state index < -0.39 is 17.9 Å². The van der Waals surface area contributed by atoms with Gasteiger partial charge < -0.3 is 4.74 Å². The minimum Gasteiger partial charge on any atom is -0.481 e. The Morgan fingerprint density at radius 3 is 2.47 bits per heavy atom. The molecule has 1 aromatic heterocycles. The van der Waals surface area contributed by atoms with Crippen LogP contribution in [0.3, 0.4) is 0 Å². The number of hydrazine groups is 1. The number of aromatic nitrogens is 2. The topological polar surface area (TPSA) is 94.4 Å². The number of carbonyl (C=O) groups excluding carboxylic acids is 2. The van der Waals surface area contributed by atoms with Crippen LogP contribution in [-0.2, 0) is 23.2 Å². The summed E-state index contributed by atoms with van der Waals surface area (Å²) in [6, 6.07) is 13.0. The number of para-hydroxylation sites is 2. The molecule has 0 bridgehead atoms. The standard InChI is InChI=1S/C22H26N4O4/c1-14-8-7-11-19(15(14)2)30-16(3)21(28)24-23-20(27)12-13-26-18-10-6-5-9-17(18)25(4)22(26)29/h5-11,16H,12-13H2,1-4H3,(H,23,27)(H,24,28). The van der Waals surface area contributed by atoms with Gasteiger partial charge in [-0.2, -0.15) is 0 Å². The van der Waals surface area contributed by atoms with Gasteiger partial charge in [0.2, 0.25) is 5.91 Å². The fourth-order valence-corrected chi connectivity index (χ4v) is 3.18.